The summed E-state index contributed by atoms with van der Waals surface area (Å²) in [6.07, 6.45) is 7.35. The van der Waals surface area contributed by atoms with E-state index in [1.165, 1.54) is 48.5 Å². The topological polar surface area (TPSA) is 84.2 Å². The number of aromatic nitrogens is 2. The summed E-state index contributed by atoms with van der Waals surface area (Å²) in [7, 11) is 1.56. The molecule has 1 saturated carbocycles. The molecule has 6 heteroatoms. The minimum absolute atomic E-state index is 0.0468. The van der Waals surface area contributed by atoms with E-state index in [0.717, 1.165) is 0 Å². The molecule has 1 fully saturated rings. The van der Waals surface area contributed by atoms with E-state index in [1.807, 2.05) is 18.2 Å². The van der Waals surface area contributed by atoms with E-state index < -0.39 is 11.9 Å². The molecule has 1 amide bonds. The van der Waals surface area contributed by atoms with Crippen LogP contribution in [-0.4, -0.2) is 26.8 Å². The van der Waals surface area contributed by atoms with Crippen LogP contribution in [0.1, 0.15) is 64.4 Å². The number of rotatable bonds is 4. The first-order valence-electron chi connectivity index (χ1n) is 8.23. The number of carboxylic acid groups (broad SMARTS) is 1. The number of hydrogen-bond acceptors (Lipinski definition) is 3. The van der Waals surface area contributed by atoms with Crippen LogP contribution in [0.15, 0.2) is 30.5 Å². The van der Waals surface area contributed by atoms with Gasteiger partial charge in [-0.05, 0) is 36.5 Å². The second-order valence-corrected chi connectivity index (χ2v) is 6.25. The molecule has 2 N–H and O–H groups in total. The van der Waals surface area contributed by atoms with Gasteiger partial charge in [-0.3, -0.25) is 9.48 Å². The Morgan fingerprint density at radius 3 is 2.71 bits per heavy atom. The molecule has 0 bridgehead atoms. The van der Waals surface area contributed by atoms with E-state index in [-0.39, 0.29) is 11.3 Å². The molecular formula is C18H21N3O3. The van der Waals surface area contributed by atoms with Crippen LogP contribution in [0.25, 0.3) is 0 Å². The van der Waals surface area contributed by atoms with Gasteiger partial charge in [0.25, 0.3) is 5.91 Å². The lowest BCUT2D eigenvalue weighted by atomic mass is 9.84. The van der Waals surface area contributed by atoms with Crippen molar-refractivity contribution in [2.75, 3.05) is 5.32 Å². The Morgan fingerprint density at radius 1 is 1.25 bits per heavy atom. The Bertz CT molecular complexity index is 761. The fourth-order valence-corrected chi connectivity index (χ4v) is 3.36. The van der Waals surface area contributed by atoms with Gasteiger partial charge in [-0.2, -0.15) is 5.10 Å². The largest absolute Gasteiger partial charge is 0.478 e. The third-order valence-corrected chi connectivity index (χ3v) is 4.61. The number of anilines is 1. The second-order valence-electron chi connectivity index (χ2n) is 6.25. The molecule has 3 rings (SSSR count). The number of aryl methyl sites for hydroxylation is 1. The number of amides is 1. The molecule has 0 saturated heterocycles. The van der Waals surface area contributed by atoms with Crippen molar-refractivity contribution in [1.82, 2.24) is 9.78 Å². The number of nitrogens with zero attached hydrogens (tertiary/aromatic N) is 2. The van der Waals surface area contributed by atoms with Crippen molar-refractivity contribution >= 4 is 17.6 Å². The maximum Gasteiger partial charge on any atom is 0.339 e. The van der Waals surface area contributed by atoms with E-state index in [0.29, 0.717) is 11.6 Å². The van der Waals surface area contributed by atoms with Crippen LogP contribution in [0.4, 0.5) is 5.69 Å². The van der Waals surface area contributed by atoms with Crippen molar-refractivity contribution in [3.63, 3.8) is 0 Å². The fourth-order valence-electron chi connectivity index (χ4n) is 3.36. The molecule has 2 aromatic rings. The first kappa shape index (κ1) is 16.2. The van der Waals surface area contributed by atoms with E-state index in [1.54, 1.807) is 7.05 Å². The summed E-state index contributed by atoms with van der Waals surface area (Å²) in [5.41, 5.74) is 1.86. The van der Waals surface area contributed by atoms with Crippen molar-refractivity contribution in [2.24, 2.45) is 7.05 Å². The number of hydrogen-bond donors (Lipinski definition) is 2. The Balaban J connectivity index is 1.80. The predicted molar refractivity (Wildman–Crippen MR) is 90.4 cm³/mol. The third kappa shape index (κ3) is 3.32. The van der Waals surface area contributed by atoms with Crippen LogP contribution < -0.4 is 5.32 Å². The molecule has 0 spiro atoms. The summed E-state index contributed by atoms with van der Waals surface area (Å²) in [5.74, 6) is -1.08. The molecule has 0 aliphatic heterocycles. The number of carbonyl (C=O) groups is 2. The molecule has 6 nitrogen and oxygen atoms in total. The zero-order chi connectivity index (χ0) is 17.1. The molecule has 24 heavy (non-hydrogen) atoms. The highest BCUT2D eigenvalue weighted by molar-refractivity contribution is 6.09. The van der Waals surface area contributed by atoms with Gasteiger partial charge in [-0.15, -0.1) is 0 Å². The molecule has 0 atom stereocenters. The van der Waals surface area contributed by atoms with E-state index in [9.17, 15) is 14.7 Å². The number of nitrogens with one attached hydrogen (secondary N) is 1. The number of benzene rings is 1. The lowest BCUT2D eigenvalue weighted by Gasteiger charge is -2.22. The van der Waals surface area contributed by atoms with Crippen molar-refractivity contribution in [3.8, 4) is 0 Å². The van der Waals surface area contributed by atoms with Gasteiger partial charge in [0.2, 0.25) is 0 Å². The molecule has 1 aromatic carbocycles. The van der Waals surface area contributed by atoms with Crippen molar-refractivity contribution in [2.45, 2.75) is 38.0 Å². The van der Waals surface area contributed by atoms with Gasteiger partial charge in [0.15, 0.2) is 0 Å². The fraction of sp³-hybridized carbons (Fsp3) is 0.389. The maximum atomic E-state index is 12.5. The highest BCUT2D eigenvalue weighted by atomic mass is 16.4. The lowest BCUT2D eigenvalue weighted by Crippen LogP contribution is -2.19. The number of carbonyl (C=O) groups excluding carboxylic acids is 1. The molecule has 1 aliphatic rings. The molecule has 1 heterocycles. The summed E-state index contributed by atoms with van der Waals surface area (Å²) >= 11 is 0. The number of carboxylic acids is 1. The van der Waals surface area contributed by atoms with Crippen LogP contribution in [0.5, 0.6) is 0 Å². The minimum atomic E-state index is -1.16. The highest BCUT2D eigenvalue weighted by Crippen LogP contribution is 2.33. The summed E-state index contributed by atoms with van der Waals surface area (Å²) in [5, 5.41) is 15.8. The summed E-state index contributed by atoms with van der Waals surface area (Å²) < 4.78 is 1.28. The van der Waals surface area contributed by atoms with E-state index in [2.05, 4.69) is 16.5 Å². The van der Waals surface area contributed by atoms with Gasteiger partial charge < -0.3 is 10.4 Å². The number of aromatic carboxylic acids is 1. The van der Waals surface area contributed by atoms with Crippen LogP contribution in [0.3, 0.4) is 0 Å². The van der Waals surface area contributed by atoms with Gasteiger partial charge in [0.1, 0.15) is 11.3 Å². The molecule has 126 valence electrons. The van der Waals surface area contributed by atoms with Crippen LogP contribution >= 0.6 is 0 Å². The predicted octanol–water partition coefficient (Wildman–Crippen LogP) is 3.42. The summed E-state index contributed by atoms with van der Waals surface area (Å²) in [6, 6.07) is 7.84. The van der Waals surface area contributed by atoms with E-state index >= 15 is 0 Å². The standard InChI is InChI=1S/C18H21N3O3/c1-21-16(15(11-19-21)18(23)24)17(22)20-14-9-5-8-13(10-14)12-6-3-2-4-7-12/h5,8-12H,2-4,6-7H2,1H3,(H,20,22)(H,23,24). The Morgan fingerprint density at radius 2 is 2.00 bits per heavy atom. The van der Waals surface area contributed by atoms with Crippen molar-refractivity contribution < 1.29 is 14.7 Å². The maximum absolute atomic E-state index is 12.5. The van der Waals surface area contributed by atoms with Crippen LogP contribution in [0, 0.1) is 0 Å². The molecule has 1 aliphatic carbocycles. The van der Waals surface area contributed by atoms with Crippen molar-refractivity contribution in [1.29, 1.82) is 0 Å². The van der Waals surface area contributed by atoms with Crippen LogP contribution in [-0.2, 0) is 7.05 Å². The van der Waals surface area contributed by atoms with Gasteiger partial charge in [0.05, 0.1) is 6.20 Å². The first-order chi connectivity index (χ1) is 11.6. The summed E-state index contributed by atoms with van der Waals surface area (Å²) in [4.78, 5) is 23.7. The molecule has 0 unspecified atom stereocenters. The zero-order valence-electron chi connectivity index (χ0n) is 13.7. The third-order valence-electron chi connectivity index (χ3n) is 4.61. The van der Waals surface area contributed by atoms with Gasteiger partial charge >= 0.3 is 5.97 Å². The Kier molecular flexibility index (Phi) is 4.64. The quantitative estimate of drug-likeness (QED) is 0.901. The SMILES string of the molecule is Cn1ncc(C(=O)O)c1C(=O)Nc1cccc(C2CCCCC2)c1. The molecular weight excluding hydrogens is 306 g/mol. The summed E-state index contributed by atoms with van der Waals surface area (Å²) in [6.45, 7) is 0. The van der Waals surface area contributed by atoms with Gasteiger partial charge in [0, 0.05) is 12.7 Å². The Hall–Kier alpha value is -2.63. The molecule has 1 aromatic heterocycles. The monoisotopic (exact) mass is 327 g/mol. The Labute approximate surface area is 140 Å². The minimum Gasteiger partial charge on any atom is -0.478 e. The molecule has 0 radical (unpaired) electrons. The first-order valence-corrected chi connectivity index (χ1v) is 8.23. The van der Waals surface area contributed by atoms with Gasteiger partial charge in [-0.1, -0.05) is 31.4 Å². The van der Waals surface area contributed by atoms with E-state index in [4.69, 9.17) is 0 Å². The average Bonchev–Trinajstić information content (AvgIpc) is 2.98. The normalized spacial score (nSPS) is 15.2. The smallest absolute Gasteiger partial charge is 0.339 e. The lowest BCUT2D eigenvalue weighted by molar-refractivity contribution is 0.0692. The highest BCUT2D eigenvalue weighted by Gasteiger charge is 2.22. The van der Waals surface area contributed by atoms with Crippen LogP contribution in [0.2, 0.25) is 0 Å². The van der Waals surface area contributed by atoms with Crippen molar-refractivity contribution in [3.05, 3.63) is 47.3 Å². The van der Waals surface area contributed by atoms with Gasteiger partial charge in [-0.25, -0.2) is 4.79 Å². The zero-order valence-corrected chi connectivity index (χ0v) is 13.7. The second kappa shape index (κ2) is 6.86. The average molecular weight is 327 g/mol.